The first-order valence-corrected chi connectivity index (χ1v) is 10.1. The van der Waals surface area contributed by atoms with Gasteiger partial charge in [-0.2, -0.15) is 0 Å². The van der Waals surface area contributed by atoms with E-state index >= 15 is 0 Å². The molecule has 0 unspecified atom stereocenters. The van der Waals surface area contributed by atoms with E-state index in [-0.39, 0.29) is 5.91 Å². The third-order valence-corrected chi connectivity index (χ3v) is 6.15. The van der Waals surface area contributed by atoms with Gasteiger partial charge in [-0.3, -0.25) is 9.69 Å². The highest BCUT2D eigenvalue weighted by molar-refractivity contribution is 9.11. The minimum atomic E-state index is -0.120. The number of nitrogens with one attached hydrogen (secondary N) is 1. The summed E-state index contributed by atoms with van der Waals surface area (Å²) >= 11 is 4.98. The summed E-state index contributed by atoms with van der Waals surface area (Å²) in [5.74, 6) is 0.430. The zero-order valence-corrected chi connectivity index (χ0v) is 17.0. The molecule has 3 rings (SSSR count). The number of thiophene rings is 1. The summed E-state index contributed by atoms with van der Waals surface area (Å²) in [4.78, 5) is 18.4. The molecule has 2 aromatic rings. The van der Waals surface area contributed by atoms with Crippen LogP contribution in [0, 0.1) is 6.92 Å². The number of rotatable bonds is 6. The van der Waals surface area contributed by atoms with Crippen LogP contribution in [0.1, 0.15) is 23.0 Å². The Kier molecular flexibility index (Phi) is 6.27. The van der Waals surface area contributed by atoms with Gasteiger partial charge in [0, 0.05) is 39.3 Å². The van der Waals surface area contributed by atoms with E-state index in [9.17, 15) is 4.79 Å². The second kappa shape index (κ2) is 8.44. The molecule has 136 valence electrons. The summed E-state index contributed by atoms with van der Waals surface area (Å²) in [6.07, 6.45) is 0. The van der Waals surface area contributed by atoms with Crippen LogP contribution in [0.5, 0.6) is 0 Å². The van der Waals surface area contributed by atoms with Crippen molar-refractivity contribution in [2.75, 3.05) is 45.8 Å². The van der Waals surface area contributed by atoms with E-state index in [2.05, 4.69) is 43.1 Å². The van der Waals surface area contributed by atoms with E-state index in [0.717, 1.165) is 47.9 Å². The highest BCUT2D eigenvalue weighted by Gasteiger charge is 2.23. The fraction of sp³-hybridized carbons (Fsp3) is 0.529. The average molecular weight is 427 g/mol. The zero-order valence-electron chi connectivity index (χ0n) is 14.5. The van der Waals surface area contributed by atoms with E-state index in [0.29, 0.717) is 23.6 Å². The Balaban J connectivity index is 1.56. The monoisotopic (exact) mass is 426 g/mol. The number of aryl methyl sites for hydroxylation is 1. The molecule has 6 nitrogen and oxygen atoms in total. The minimum Gasteiger partial charge on any atom is -0.360 e. The van der Waals surface area contributed by atoms with E-state index in [1.54, 1.807) is 6.92 Å². The molecule has 2 aromatic heterocycles. The molecule has 0 aliphatic carbocycles. The second-order valence-corrected chi connectivity index (χ2v) is 8.56. The maximum Gasteiger partial charge on any atom is 0.257 e. The lowest BCUT2D eigenvalue weighted by Crippen LogP contribution is -2.48. The van der Waals surface area contributed by atoms with Crippen LogP contribution in [0.15, 0.2) is 20.4 Å². The van der Waals surface area contributed by atoms with Gasteiger partial charge in [0.2, 0.25) is 0 Å². The normalized spacial score (nSPS) is 16.3. The van der Waals surface area contributed by atoms with Crippen LogP contribution in [0.3, 0.4) is 0 Å². The summed E-state index contributed by atoms with van der Waals surface area (Å²) in [6.45, 7) is 10.9. The van der Waals surface area contributed by atoms with Gasteiger partial charge in [-0.1, -0.05) is 12.1 Å². The molecule has 1 saturated heterocycles. The fourth-order valence-corrected chi connectivity index (χ4v) is 4.37. The molecule has 0 spiro atoms. The zero-order chi connectivity index (χ0) is 17.8. The lowest BCUT2D eigenvalue weighted by atomic mass is 10.1. The number of amides is 1. The summed E-state index contributed by atoms with van der Waals surface area (Å²) in [5, 5.41) is 7.09. The molecule has 25 heavy (non-hydrogen) atoms. The van der Waals surface area contributed by atoms with Gasteiger partial charge in [-0.05, 0) is 41.5 Å². The van der Waals surface area contributed by atoms with Crippen molar-refractivity contribution in [1.82, 2.24) is 20.3 Å². The largest absolute Gasteiger partial charge is 0.360 e. The lowest BCUT2D eigenvalue weighted by Gasteiger charge is -2.33. The number of likely N-dealkylation sites (N-methyl/N-ethyl adjacent to an activating group) is 1. The molecule has 1 fully saturated rings. The second-order valence-electron chi connectivity index (χ2n) is 6.10. The van der Waals surface area contributed by atoms with Crippen LogP contribution in [0.25, 0.3) is 10.6 Å². The van der Waals surface area contributed by atoms with Crippen molar-refractivity contribution in [3.8, 4) is 10.6 Å². The summed E-state index contributed by atoms with van der Waals surface area (Å²) in [5.41, 5.74) is 1.15. The van der Waals surface area contributed by atoms with E-state index in [1.165, 1.54) is 11.3 Å². The van der Waals surface area contributed by atoms with Crippen molar-refractivity contribution in [3.05, 3.63) is 27.2 Å². The predicted octanol–water partition coefficient (Wildman–Crippen LogP) is 2.84. The Bertz CT molecular complexity index is 722. The van der Waals surface area contributed by atoms with Gasteiger partial charge in [0.05, 0.1) is 8.66 Å². The molecule has 1 aliphatic heterocycles. The third-order valence-electron chi connectivity index (χ3n) is 4.52. The maximum atomic E-state index is 12.6. The van der Waals surface area contributed by atoms with Gasteiger partial charge in [-0.15, -0.1) is 11.3 Å². The van der Waals surface area contributed by atoms with Crippen molar-refractivity contribution in [2.45, 2.75) is 13.8 Å². The number of hydrogen-bond acceptors (Lipinski definition) is 6. The molecular formula is C17H23BrN4O2S. The van der Waals surface area contributed by atoms with Crippen molar-refractivity contribution in [3.63, 3.8) is 0 Å². The summed E-state index contributed by atoms with van der Waals surface area (Å²) in [7, 11) is 0. The minimum absolute atomic E-state index is 0.120. The van der Waals surface area contributed by atoms with Gasteiger partial charge in [-0.25, -0.2) is 0 Å². The number of carbonyl (C=O) groups is 1. The topological polar surface area (TPSA) is 61.6 Å². The van der Waals surface area contributed by atoms with Crippen molar-refractivity contribution in [1.29, 1.82) is 0 Å². The van der Waals surface area contributed by atoms with Crippen LogP contribution >= 0.6 is 27.3 Å². The van der Waals surface area contributed by atoms with Gasteiger partial charge in [0.25, 0.3) is 5.91 Å². The number of nitrogens with zero attached hydrogens (tertiary/aromatic N) is 3. The highest BCUT2D eigenvalue weighted by Crippen LogP contribution is 2.33. The van der Waals surface area contributed by atoms with Crippen LogP contribution in [-0.2, 0) is 0 Å². The van der Waals surface area contributed by atoms with Crippen LogP contribution in [0.2, 0.25) is 0 Å². The molecule has 1 aliphatic rings. The van der Waals surface area contributed by atoms with Crippen LogP contribution < -0.4 is 5.32 Å². The van der Waals surface area contributed by atoms with Crippen LogP contribution in [-0.4, -0.2) is 66.7 Å². The van der Waals surface area contributed by atoms with Crippen LogP contribution in [0.4, 0.5) is 0 Å². The van der Waals surface area contributed by atoms with Crippen molar-refractivity contribution in [2.24, 2.45) is 0 Å². The molecule has 8 heteroatoms. The molecule has 3 heterocycles. The Morgan fingerprint density at radius 2 is 2.04 bits per heavy atom. The highest BCUT2D eigenvalue weighted by atomic mass is 79.9. The number of piperazine rings is 1. The third kappa shape index (κ3) is 4.49. The Morgan fingerprint density at radius 1 is 1.32 bits per heavy atom. The smallest absolute Gasteiger partial charge is 0.257 e. The van der Waals surface area contributed by atoms with Gasteiger partial charge < -0.3 is 14.7 Å². The standard InChI is InChI=1S/C17H23BrN4O2S/c1-3-21-8-10-22(11-9-21)7-6-19-17(23)15-12(2)24-20-16(15)13-4-5-14(18)25-13/h4-5H,3,6-11H2,1-2H3,(H,19,23). The van der Waals surface area contributed by atoms with Crippen molar-refractivity contribution >= 4 is 33.2 Å². The number of hydrogen-bond donors (Lipinski definition) is 1. The summed E-state index contributed by atoms with van der Waals surface area (Å²) in [6, 6.07) is 3.89. The molecule has 0 atom stereocenters. The molecule has 0 saturated carbocycles. The van der Waals surface area contributed by atoms with E-state index in [4.69, 9.17) is 4.52 Å². The number of aromatic nitrogens is 1. The first-order valence-electron chi connectivity index (χ1n) is 8.53. The summed E-state index contributed by atoms with van der Waals surface area (Å²) < 4.78 is 6.27. The Hall–Kier alpha value is -1.22. The molecular weight excluding hydrogens is 404 g/mol. The van der Waals surface area contributed by atoms with Crippen molar-refractivity contribution < 1.29 is 9.32 Å². The molecule has 1 amide bonds. The van der Waals surface area contributed by atoms with Gasteiger partial charge in [0.15, 0.2) is 0 Å². The number of carbonyl (C=O) groups excluding carboxylic acids is 1. The Labute approximate surface area is 160 Å². The molecule has 0 radical (unpaired) electrons. The fourth-order valence-electron chi connectivity index (χ4n) is 2.99. The van der Waals surface area contributed by atoms with E-state index < -0.39 is 0 Å². The first-order chi connectivity index (χ1) is 12.1. The van der Waals surface area contributed by atoms with Gasteiger partial charge in [0.1, 0.15) is 17.0 Å². The quantitative estimate of drug-likeness (QED) is 0.769. The van der Waals surface area contributed by atoms with E-state index in [1.807, 2.05) is 12.1 Å². The maximum absolute atomic E-state index is 12.6. The molecule has 0 bridgehead atoms. The van der Waals surface area contributed by atoms with Gasteiger partial charge >= 0.3 is 0 Å². The SMILES string of the molecule is CCN1CCN(CCNC(=O)c2c(-c3ccc(Br)s3)noc2C)CC1. The Morgan fingerprint density at radius 3 is 2.68 bits per heavy atom. The molecule has 0 aromatic carbocycles. The first kappa shape index (κ1) is 18.6. The molecule has 1 N–H and O–H groups in total. The number of halogens is 1. The lowest BCUT2D eigenvalue weighted by molar-refractivity contribution is 0.0937. The average Bonchev–Trinajstić information content (AvgIpc) is 3.21. The predicted molar refractivity (Wildman–Crippen MR) is 103 cm³/mol.